The molecule has 2 rings (SSSR count). The van der Waals surface area contributed by atoms with Crippen molar-refractivity contribution in [1.82, 2.24) is 19.8 Å². The first-order chi connectivity index (χ1) is 7.72. The van der Waals surface area contributed by atoms with E-state index in [1.165, 1.54) is 0 Å². The molecule has 5 heteroatoms. The standard InChI is InChI=1S/C11H18N4O/c1-9(7-14-6-4-13-8-14)15-5-3-10(12-2)11(15)16/h4,6,8-10,12H,3,5,7H2,1-2H3. The molecule has 0 radical (unpaired) electrons. The molecule has 0 bridgehead atoms. The van der Waals surface area contributed by atoms with Crippen molar-refractivity contribution >= 4 is 5.91 Å². The molecule has 1 amide bonds. The molecule has 16 heavy (non-hydrogen) atoms. The minimum absolute atomic E-state index is 0.00485. The number of nitrogens with one attached hydrogen (secondary N) is 1. The lowest BCUT2D eigenvalue weighted by molar-refractivity contribution is -0.131. The molecule has 1 fully saturated rings. The summed E-state index contributed by atoms with van der Waals surface area (Å²) in [6.45, 7) is 3.73. The van der Waals surface area contributed by atoms with Crippen molar-refractivity contribution in [3.63, 3.8) is 0 Å². The summed E-state index contributed by atoms with van der Waals surface area (Å²) in [7, 11) is 1.84. The number of carbonyl (C=O) groups is 1. The van der Waals surface area contributed by atoms with Crippen LogP contribution in [0, 0.1) is 0 Å². The van der Waals surface area contributed by atoms with E-state index < -0.39 is 0 Å². The fourth-order valence-corrected chi connectivity index (χ4v) is 2.21. The molecule has 1 aromatic rings. The van der Waals surface area contributed by atoms with Crippen LogP contribution < -0.4 is 5.32 Å². The SMILES string of the molecule is CNC1CCN(C(C)Cn2ccnc2)C1=O. The van der Waals surface area contributed by atoms with Crippen LogP contribution in [0.25, 0.3) is 0 Å². The first kappa shape index (κ1) is 11.1. The highest BCUT2D eigenvalue weighted by Crippen LogP contribution is 2.15. The fourth-order valence-electron chi connectivity index (χ4n) is 2.21. The molecular formula is C11H18N4O. The number of likely N-dealkylation sites (tertiary alicyclic amines) is 1. The highest BCUT2D eigenvalue weighted by Gasteiger charge is 2.33. The van der Waals surface area contributed by atoms with E-state index in [2.05, 4.69) is 17.2 Å². The molecule has 0 aromatic carbocycles. The van der Waals surface area contributed by atoms with Gasteiger partial charge in [0.15, 0.2) is 0 Å². The molecule has 1 aliphatic rings. The third-order valence-corrected chi connectivity index (χ3v) is 3.15. The van der Waals surface area contributed by atoms with E-state index in [1.807, 2.05) is 22.7 Å². The Morgan fingerprint density at radius 3 is 3.06 bits per heavy atom. The van der Waals surface area contributed by atoms with Gasteiger partial charge in [-0.2, -0.15) is 0 Å². The number of imidazole rings is 1. The second-order valence-electron chi connectivity index (χ2n) is 4.27. The second kappa shape index (κ2) is 4.65. The highest BCUT2D eigenvalue weighted by atomic mass is 16.2. The zero-order valence-electron chi connectivity index (χ0n) is 9.76. The quantitative estimate of drug-likeness (QED) is 0.785. The number of amides is 1. The first-order valence-electron chi connectivity index (χ1n) is 5.66. The normalized spacial score (nSPS) is 22.8. The molecule has 2 unspecified atom stereocenters. The number of nitrogens with zero attached hydrogens (tertiary/aromatic N) is 3. The summed E-state index contributed by atoms with van der Waals surface area (Å²) >= 11 is 0. The van der Waals surface area contributed by atoms with Crippen molar-refractivity contribution in [2.75, 3.05) is 13.6 Å². The van der Waals surface area contributed by atoms with Gasteiger partial charge in [0.2, 0.25) is 5.91 Å². The van der Waals surface area contributed by atoms with E-state index in [0.29, 0.717) is 0 Å². The Balaban J connectivity index is 1.95. The van der Waals surface area contributed by atoms with Crippen molar-refractivity contribution < 1.29 is 4.79 Å². The number of hydrogen-bond acceptors (Lipinski definition) is 3. The van der Waals surface area contributed by atoms with Gasteiger partial charge in [0.1, 0.15) is 0 Å². The zero-order valence-corrected chi connectivity index (χ0v) is 9.76. The van der Waals surface area contributed by atoms with Crippen molar-refractivity contribution in [3.05, 3.63) is 18.7 Å². The summed E-state index contributed by atoms with van der Waals surface area (Å²) in [5, 5.41) is 3.05. The highest BCUT2D eigenvalue weighted by molar-refractivity contribution is 5.84. The van der Waals surface area contributed by atoms with Crippen molar-refractivity contribution in [3.8, 4) is 0 Å². The Bertz CT molecular complexity index is 349. The maximum atomic E-state index is 11.9. The molecule has 1 N–H and O–H groups in total. The van der Waals surface area contributed by atoms with Crippen molar-refractivity contribution in [1.29, 1.82) is 0 Å². The Morgan fingerprint density at radius 2 is 2.50 bits per heavy atom. The summed E-state index contributed by atoms with van der Waals surface area (Å²) in [4.78, 5) is 17.9. The van der Waals surface area contributed by atoms with E-state index in [0.717, 1.165) is 19.5 Å². The number of aromatic nitrogens is 2. The summed E-state index contributed by atoms with van der Waals surface area (Å²) < 4.78 is 2.00. The summed E-state index contributed by atoms with van der Waals surface area (Å²) in [6.07, 6.45) is 6.37. The minimum Gasteiger partial charge on any atom is -0.337 e. The van der Waals surface area contributed by atoms with Gasteiger partial charge < -0.3 is 14.8 Å². The third kappa shape index (κ3) is 2.09. The number of likely N-dealkylation sites (N-methyl/N-ethyl adjacent to an activating group) is 1. The Kier molecular flexibility index (Phi) is 3.24. The predicted octanol–water partition coefficient (Wildman–Crippen LogP) is 0.0919. The lowest BCUT2D eigenvalue weighted by Gasteiger charge is -2.25. The largest absolute Gasteiger partial charge is 0.337 e. The van der Waals surface area contributed by atoms with Gasteiger partial charge in [-0.25, -0.2) is 4.98 Å². The average Bonchev–Trinajstić information content (AvgIpc) is 2.87. The summed E-state index contributed by atoms with van der Waals surface area (Å²) in [5.74, 6) is 0.218. The minimum atomic E-state index is 0.00485. The number of rotatable bonds is 4. The van der Waals surface area contributed by atoms with Crippen LogP contribution in [0.3, 0.4) is 0 Å². The van der Waals surface area contributed by atoms with Crippen LogP contribution in [0.2, 0.25) is 0 Å². The molecule has 1 aliphatic heterocycles. The smallest absolute Gasteiger partial charge is 0.240 e. The number of hydrogen-bond donors (Lipinski definition) is 1. The van der Waals surface area contributed by atoms with Crippen LogP contribution in [0.1, 0.15) is 13.3 Å². The summed E-state index contributed by atoms with van der Waals surface area (Å²) in [5.41, 5.74) is 0. The monoisotopic (exact) mass is 222 g/mol. The molecule has 2 heterocycles. The van der Waals surface area contributed by atoms with Crippen LogP contribution in [-0.4, -0.2) is 46.0 Å². The molecule has 0 spiro atoms. The molecule has 88 valence electrons. The Labute approximate surface area is 95.5 Å². The van der Waals surface area contributed by atoms with Crippen LogP contribution in [0.4, 0.5) is 0 Å². The Morgan fingerprint density at radius 1 is 1.69 bits per heavy atom. The second-order valence-corrected chi connectivity index (χ2v) is 4.27. The molecule has 0 aliphatic carbocycles. The van der Waals surface area contributed by atoms with Gasteiger partial charge in [-0.05, 0) is 20.4 Å². The van der Waals surface area contributed by atoms with Gasteiger partial charge in [0.05, 0.1) is 12.4 Å². The van der Waals surface area contributed by atoms with E-state index in [1.54, 1.807) is 12.5 Å². The van der Waals surface area contributed by atoms with Gasteiger partial charge in [0.25, 0.3) is 0 Å². The van der Waals surface area contributed by atoms with Crippen LogP contribution >= 0.6 is 0 Å². The van der Waals surface area contributed by atoms with E-state index in [9.17, 15) is 4.79 Å². The topological polar surface area (TPSA) is 50.2 Å². The van der Waals surface area contributed by atoms with Gasteiger partial charge >= 0.3 is 0 Å². The van der Waals surface area contributed by atoms with E-state index in [4.69, 9.17) is 0 Å². The van der Waals surface area contributed by atoms with Gasteiger partial charge in [-0.1, -0.05) is 0 Å². The van der Waals surface area contributed by atoms with Crippen LogP contribution in [0.15, 0.2) is 18.7 Å². The molecule has 0 saturated carbocycles. The first-order valence-corrected chi connectivity index (χ1v) is 5.66. The lowest BCUT2D eigenvalue weighted by atomic mass is 10.2. The van der Waals surface area contributed by atoms with Crippen molar-refractivity contribution in [2.24, 2.45) is 0 Å². The molecular weight excluding hydrogens is 204 g/mol. The molecule has 1 saturated heterocycles. The summed E-state index contributed by atoms with van der Waals surface area (Å²) in [6, 6.07) is 0.227. The van der Waals surface area contributed by atoms with Gasteiger partial charge in [-0.15, -0.1) is 0 Å². The van der Waals surface area contributed by atoms with Gasteiger partial charge in [0, 0.05) is 31.5 Å². The Hall–Kier alpha value is -1.36. The maximum absolute atomic E-state index is 11.9. The van der Waals surface area contributed by atoms with Crippen molar-refractivity contribution in [2.45, 2.75) is 32.0 Å². The molecule has 2 atom stereocenters. The van der Waals surface area contributed by atoms with E-state index in [-0.39, 0.29) is 18.0 Å². The predicted molar refractivity (Wildman–Crippen MR) is 60.9 cm³/mol. The molecule has 1 aromatic heterocycles. The molecule has 5 nitrogen and oxygen atoms in total. The van der Waals surface area contributed by atoms with E-state index >= 15 is 0 Å². The van der Waals surface area contributed by atoms with Crippen LogP contribution in [0.5, 0.6) is 0 Å². The lowest BCUT2D eigenvalue weighted by Crippen LogP contribution is -2.42. The fraction of sp³-hybridized carbons (Fsp3) is 0.636. The maximum Gasteiger partial charge on any atom is 0.240 e. The third-order valence-electron chi connectivity index (χ3n) is 3.15. The van der Waals surface area contributed by atoms with Crippen LogP contribution in [-0.2, 0) is 11.3 Å². The average molecular weight is 222 g/mol. The number of carbonyl (C=O) groups excluding carboxylic acids is 1. The van der Waals surface area contributed by atoms with Gasteiger partial charge in [-0.3, -0.25) is 4.79 Å². The zero-order chi connectivity index (χ0) is 11.5.